The molecule has 0 bridgehead atoms. The summed E-state index contributed by atoms with van der Waals surface area (Å²) < 4.78 is 5.45. The maximum absolute atomic E-state index is 5.45. The number of hydrogen-bond donors (Lipinski definition) is 1. The van der Waals surface area contributed by atoms with E-state index in [4.69, 9.17) is 4.74 Å². The minimum atomic E-state index is 0.343. The quantitative estimate of drug-likeness (QED) is 0.663. The minimum absolute atomic E-state index is 0.343. The van der Waals surface area contributed by atoms with Crippen LogP contribution in [-0.2, 0) is 4.74 Å². The molecule has 0 aromatic rings. The van der Waals surface area contributed by atoms with Gasteiger partial charge in [0.05, 0.1) is 6.10 Å². The van der Waals surface area contributed by atoms with Gasteiger partial charge in [-0.15, -0.1) is 0 Å². The van der Waals surface area contributed by atoms with Crippen LogP contribution in [-0.4, -0.2) is 26.3 Å². The Bertz CT molecular complexity index is 104. The van der Waals surface area contributed by atoms with Gasteiger partial charge in [0.25, 0.3) is 0 Å². The van der Waals surface area contributed by atoms with E-state index in [2.05, 4.69) is 26.1 Å². The largest absolute Gasteiger partial charge is 0.380 e. The van der Waals surface area contributed by atoms with Crippen molar-refractivity contribution in [1.82, 2.24) is 5.32 Å². The Morgan fingerprint density at radius 1 is 1.33 bits per heavy atom. The maximum Gasteiger partial charge on any atom is 0.0746 e. The highest BCUT2D eigenvalue weighted by Gasteiger charge is 2.21. The number of hydrogen-bond acceptors (Lipinski definition) is 2. The van der Waals surface area contributed by atoms with Crippen molar-refractivity contribution in [2.24, 2.45) is 5.92 Å². The van der Waals surface area contributed by atoms with Crippen molar-refractivity contribution in [3.05, 3.63) is 0 Å². The molecular formula is C10H23NO. The summed E-state index contributed by atoms with van der Waals surface area (Å²) in [7, 11) is 3.80. The van der Waals surface area contributed by atoms with Crippen LogP contribution in [0, 0.1) is 5.92 Å². The van der Waals surface area contributed by atoms with E-state index in [-0.39, 0.29) is 0 Å². The number of nitrogens with one attached hydrogen (secondary N) is 1. The van der Waals surface area contributed by atoms with Gasteiger partial charge in [0.15, 0.2) is 0 Å². The topological polar surface area (TPSA) is 21.3 Å². The average Bonchev–Trinajstić information content (AvgIpc) is 2.03. The zero-order chi connectivity index (χ0) is 9.56. The van der Waals surface area contributed by atoms with Crippen LogP contribution in [0.2, 0.25) is 0 Å². The molecular weight excluding hydrogens is 150 g/mol. The van der Waals surface area contributed by atoms with Crippen molar-refractivity contribution < 1.29 is 4.74 Å². The minimum Gasteiger partial charge on any atom is -0.380 e. The molecule has 2 nitrogen and oxygen atoms in total. The second-order valence-corrected chi connectivity index (χ2v) is 3.63. The van der Waals surface area contributed by atoms with Crippen LogP contribution in [0.15, 0.2) is 0 Å². The molecule has 0 spiro atoms. The Hall–Kier alpha value is -0.0800. The fourth-order valence-electron chi connectivity index (χ4n) is 1.68. The van der Waals surface area contributed by atoms with Gasteiger partial charge in [-0.05, 0) is 19.4 Å². The van der Waals surface area contributed by atoms with E-state index in [1.165, 1.54) is 12.8 Å². The van der Waals surface area contributed by atoms with Crippen molar-refractivity contribution in [1.29, 1.82) is 0 Å². The van der Waals surface area contributed by atoms with Gasteiger partial charge in [-0.1, -0.05) is 27.2 Å². The monoisotopic (exact) mass is 173 g/mol. The van der Waals surface area contributed by atoms with Crippen molar-refractivity contribution >= 4 is 0 Å². The summed E-state index contributed by atoms with van der Waals surface area (Å²) in [5.41, 5.74) is 0. The van der Waals surface area contributed by atoms with E-state index in [1.807, 2.05) is 7.05 Å². The highest BCUT2D eigenvalue weighted by Crippen LogP contribution is 2.13. The molecule has 0 heterocycles. The first kappa shape index (κ1) is 11.9. The number of likely N-dealkylation sites (N-methyl/N-ethyl adjacent to an activating group) is 1. The average molecular weight is 173 g/mol. The Balaban J connectivity index is 4.02. The van der Waals surface area contributed by atoms with Crippen LogP contribution >= 0.6 is 0 Å². The zero-order valence-electron chi connectivity index (χ0n) is 9.05. The van der Waals surface area contributed by atoms with Gasteiger partial charge in [0.2, 0.25) is 0 Å². The first-order chi connectivity index (χ1) is 5.67. The van der Waals surface area contributed by atoms with Crippen LogP contribution in [0.25, 0.3) is 0 Å². The Morgan fingerprint density at radius 2 is 1.92 bits per heavy atom. The van der Waals surface area contributed by atoms with Crippen molar-refractivity contribution in [3.8, 4) is 0 Å². The summed E-state index contributed by atoms with van der Waals surface area (Å²) in [6, 6.07) is 0.500. The van der Waals surface area contributed by atoms with E-state index in [9.17, 15) is 0 Å². The highest BCUT2D eigenvalue weighted by atomic mass is 16.5. The molecule has 0 rings (SSSR count). The number of ether oxygens (including phenoxy) is 1. The number of rotatable bonds is 6. The SMILES string of the molecule is CCCC(NC)C(OC)C(C)C. The lowest BCUT2D eigenvalue weighted by atomic mass is 9.96. The zero-order valence-corrected chi connectivity index (χ0v) is 9.05. The lowest BCUT2D eigenvalue weighted by Crippen LogP contribution is -2.41. The fraction of sp³-hybridized carbons (Fsp3) is 1.00. The molecule has 0 aliphatic carbocycles. The van der Waals surface area contributed by atoms with Gasteiger partial charge in [0.1, 0.15) is 0 Å². The maximum atomic E-state index is 5.45. The molecule has 0 aliphatic rings. The van der Waals surface area contributed by atoms with E-state index in [0.29, 0.717) is 18.1 Å². The predicted molar refractivity (Wildman–Crippen MR) is 53.4 cm³/mol. The molecule has 0 aromatic heterocycles. The number of methoxy groups -OCH3 is 1. The van der Waals surface area contributed by atoms with Crippen molar-refractivity contribution in [2.75, 3.05) is 14.2 Å². The molecule has 0 aromatic carbocycles. The molecule has 74 valence electrons. The van der Waals surface area contributed by atoms with Crippen LogP contribution in [0.5, 0.6) is 0 Å². The van der Waals surface area contributed by atoms with Crippen LogP contribution in [0.1, 0.15) is 33.6 Å². The molecule has 2 unspecified atom stereocenters. The van der Waals surface area contributed by atoms with E-state index >= 15 is 0 Å². The van der Waals surface area contributed by atoms with Crippen LogP contribution in [0.3, 0.4) is 0 Å². The molecule has 2 heteroatoms. The van der Waals surface area contributed by atoms with Gasteiger partial charge in [0, 0.05) is 13.2 Å². The first-order valence-corrected chi connectivity index (χ1v) is 4.87. The van der Waals surface area contributed by atoms with E-state index in [0.717, 1.165) is 0 Å². The third-order valence-corrected chi connectivity index (χ3v) is 2.30. The van der Waals surface area contributed by atoms with Gasteiger partial charge in [-0.2, -0.15) is 0 Å². The third-order valence-electron chi connectivity index (χ3n) is 2.30. The second kappa shape index (κ2) is 6.44. The standard InChI is InChI=1S/C10H23NO/c1-6-7-9(11-4)10(12-5)8(2)3/h8-11H,6-7H2,1-5H3. The summed E-state index contributed by atoms with van der Waals surface area (Å²) in [5.74, 6) is 0.582. The summed E-state index contributed by atoms with van der Waals surface area (Å²) in [6.45, 7) is 6.61. The molecule has 0 fully saturated rings. The van der Waals surface area contributed by atoms with Gasteiger partial charge >= 0.3 is 0 Å². The normalized spacial score (nSPS) is 16.5. The van der Waals surface area contributed by atoms with Crippen molar-refractivity contribution in [3.63, 3.8) is 0 Å². The Morgan fingerprint density at radius 3 is 2.17 bits per heavy atom. The third kappa shape index (κ3) is 3.55. The highest BCUT2D eigenvalue weighted by molar-refractivity contribution is 4.77. The summed E-state index contributed by atoms with van der Waals surface area (Å²) in [6.07, 6.45) is 2.74. The molecule has 1 N–H and O–H groups in total. The Labute approximate surface area is 76.7 Å². The van der Waals surface area contributed by atoms with Crippen LogP contribution in [0.4, 0.5) is 0 Å². The van der Waals surface area contributed by atoms with E-state index < -0.39 is 0 Å². The first-order valence-electron chi connectivity index (χ1n) is 4.87. The van der Waals surface area contributed by atoms with Gasteiger partial charge < -0.3 is 10.1 Å². The fourth-order valence-corrected chi connectivity index (χ4v) is 1.68. The smallest absolute Gasteiger partial charge is 0.0746 e. The summed E-state index contributed by atoms with van der Waals surface area (Å²) in [4.78, 5) is 0. The molecule has 2 atom stereocenters. The molecule has 0 radical (unpaired) electrons. The molecule has 0 aliphatic heterocycles. The Kier molecular flexibility index (Phi) is 6.39. The predicted octanol–water partition coefficient (Wildman–Crippen LogP) is 2.05. The molecule has 0 saturated heterocycles. The van der Waals surface area contributed by atoms with Crippen LogP contribution < -0.4 is 5.32 Å². The molecule has 0 amide bonds. The lowest BCUT2D eigenvalue weighted by Gasteiger charge is -2.28. The lowest BCUT2D eigenvalue weighted by molar-refractivity contribution is 0.0327. The van der Waals surface area contributed by atoms with Crippen molar-refractivity contribution in [2.45, 2.75) is 45.8 Å². The summed E-state index contributed by atoms with van der Waals surface area (Å²) >= 11 is 0. The van der Waals surface area contributed by atoms with E-state index in [1.54, 1.807) is 7.11 Å². The molecule has 12 heavy (non-hydrogen) atoms. The second-order valence-electron chi connectivity index (χ2n) is 3.63. The summed E-state index contributed by atoms with van der Waals surface area (Å²) in [5, 5.41) is 3.31. The molecule has 0 saturated carbocycles. The van der Waals surface area contributed by atoms with Gasteiger partial charge in [-0.3, -0.25) is 0 Å². The van der Waals surface area contributed by atoms with Gasteiger partial charge in [-0.25, -0.2) is 0 Å².